The van der Waals surface area contributed by atoms with Gasteiger partial charge in [-0.25, -0.2) is 0 Å². The van der Waals surface area contributed by atoms with Gasteiger partial charge < -0.3 is 19.9 Å². The van der Waals surface area contributed by atoms with Crippen molar-refractivity contribution in [2.24, 2.45) is 11.3 Å². The van der Waals surface area contributed by atoms with E-state index < -0.39 is 28.6 Å². The zero-order valence-corrected chi connectivity index (χ0v) is 17.6. The Morgan fingerprint density at radius 1 is 1.37 bits per heavy atom. The van der Waals surface area contributed by atoms with Crippen LogP contribution in [0.15, 0.2) is 35.9 Å². The fourth-order valence-corrected chi connectivity index (χ4v) is 7.20. The molecule has 1 spiro atoms. The molecule has 4 bridgehead atoms. The predicted molar refractivity (Wildman–Crippen MR) is 110 cm³/mol. The lowest BCUT2D eigenvalue weighted by Crippen LogP contribution is -2.75. The van der Waals surface area contributed by atoms with E-state index in [1.165, 1.54) is 14.0 Å². The maximum absolute atomic E-state index is 13.8. The Hall–Kier alpha value is -2.38. The third kappa shape index (κ3) is 1.93. The number of aliphatic hydroxyl groups excluding tert-OH is 1. The number of methoxy groups -OCH3 is 1. The summed E-state index contributed by atoms with van der Waals surface area (Å²) in [5.41, 5.74) is 0.210. The Bertz CT molecular complexity index is 961. The van der Waals surface area contributed by atoms with Gasteiger partial charge in [0, 0.05) is 31.6 Å². The standard InChI is InChI=1S/C23H28N2O5/c1-4-15-12-25-10-9-22-16-7-5-6-8-18(16)24-23(22,25)19(27)11-17(15)21(22,20(28)29-3)13-30-14(2)26/h4-8,17,19,24,27H,9-13H2,1-3H3. The fraction of sp³-hybridized carbons (Fsp3) is 0.565. The molecule has 0 radical (unpaired) electrons. The molecule has 6 unspecified atom stereocenters. The van der Waals surface area contributed by atoms with Gasteiger partial charge in [0.15, 0.2) is 0 Å². The number of esters is 2. The highest BCUT2D eigenvalue weighted by atomic mass is 16.5. The molecule has 6 rings (SSSR count). The third-order valence-corrected chi connectivity index (χ3v) is 8.16. The Morgan fingerprint density at radius 3 is 2.83 bits per heavy atom. The Balaban J connectivity index is 1.89. The molecule has 1 aliphatic carbocycles. The Labute approximate surface area is 176 Å². The van der Waals surface area contributed by atoms with Gasteiger partial charge in [0.25, 0.3) is 0 Å². The number of fused-ring (bicyclic) bond motifs is 3. The number of carbonyl (C=O) groups is 2. The lowest BCUT2D eigenvalue weighted by molar-refractivity contribution is -0.189. The molecule has 6 atom stereocenters. The van der Waals surface area contributed by atoms with E-state index in [9.17, 15) is 14.7 Å². The van der Waals surface area contributed by atoms with Crippen molar-refractivity contribution in [1.82, 2.24) is 4.90 Å². The molecule has 2 N–H and O–H groups in total. The van der Waals surface area contributed by atoms with Crippen LogP contribution in [0.2, 0.25) is 0 Å². The first-order chi connectivity index (χ1) is 14.4. The predicted octanol–water partition coefficient (Wildman–Crippen LogP) is 1.82. The molecule has 5 aliphatic rings. The van der Waals surface area contributed by atoms with E-state index in [4.69, 9.17) is 9.47 Å². The molecule has 160 valence electrons. The number of carbonyl (C=O) groups excluding carboxylic acids is 2. The summed E-state index contributed by atoms with van der Waals surface area (Å²) in [5, 5.41) is 15.2. The summed E-state index contributed by atoms with van der Waals surface area (Å²) in [6, 6.07) is 7.95. The highest BCUT2D eigenvalue weighted by Crippen LogP contribution is 2.72. The molecular formula is C23H28N2O5. The van der Waals surface area contributed by atoms with Crippen LogP contribution in [0.25, 0.3) is 0 Å². The van der Waals surface area contributed by atoms with E-state index in [-0.39, 0.29) is 18.5 Å². The molecule has 30 heavy (non-hydrogen) atoms. The summed E-state index contributed by atoms with van der Waals surface area (Å²) in [4.78, 5) is 28.0. The maximum Gasteiger partial charge on any atom is 0.316 e. The van der Waals surface area contributed by atoms with Crippen molar-refractivity contribution < 1.29 is 24.2 Å². The van der Waals surface area contributed by atoms with E-state index in [0.29, 0.717) is 19.4 Å². The van der Waals surface area contributed by atoms with Crippen molar-refractivity contribution in [1.29, 1.82) is 0 Å². The van der Waals surface area contributed by atoms with Gasteiger partial charge in [-0.1, -0.05) is 29.8 Å². The van der Waals surface area contributed by atoms with Gasteiger partial charge in [-0.2, -0.15) is 0 Å². The number of anilines is 1. The summed E-state index contributed by atoms with van der Waals surface area (Å²) in [6.07, 6.45) is 2.42. The highest BCUT2D eigenvalue weighted by molar-refractivity contribution is 5.86. The van der Waals surface area contributed by atoms with Gasteiger partial charge in [0.2, 0.25) is 0 Å². The summed E-state index contributed by atoms with van der Waals surface area (Å²) in [6.45, 7) is 4.63. The van der Waals surface area contributed by atoms with Gasteiger partial charge in [0.1, 0.15) is 17.7 Å². The minimum atomic E-state index is -1.14. The molecule has 4 heterocycles. The molecule has 7 nitrogen and oxygen atoms in total. The van der Waals surface area contributed by atoms with Crippen molar-refractivity contribution in [2.75, 3.05) is 32.1 Å². The van der Waals surface area contributed by atoms with Gasteiger partial charge in [-0.15, -0.1) is 0 Å². The fourth-order valence-electron chi connectivity index (χ4n) is 7.20. The molecule has 7 heteroatoms. The second-order valence-corrected chi connectivity index (χ2v) is 8.92. The van der Waals surface area contributed by atoms with Crippen molar-refractivity contribution in [3.63, 3.8) is 0 Å². The normalized spacial score (nSPS) is 41.6. The van der Waals surface area contributed by atoms with Gasteiger partial charge in [-0.05, 0) is 31.4 Å². The van der Waals surface area contributed by atoms with E-state index in [1.54, 1.807) is 0 Å². The first kappa shape index (κ1) is 19.6. The van der Waals surface area contributed by atoms with Crippen molar-refractivity contribution in [3.8, 4) is 0 Å². The lowest BCUT2D eigenvalue weighted by Gasteiger charge is -2.59. The number of nitrogens with one attached hydrogen (secondary N) is 1. The Morgan fingerprint density at radius 2 is 2.13 bits per heavy atom. The average Bonchev–Trinajstić information content (AvgIpc) is 3.17. The highest BCUT2D eigenvalue weighted by Gasteiger charge is 2.83. The van der Waals surface area contributed by atoms with Gasteiger partial charge in [0.05, 0.1) is 18.6 Å². The number of ether oxygens (including phenoxy) is 2. The van der Waals surface area contributed by atoms with Crippen LogP contribution in [0.4, 0.5) is 5.69 Å². The molecule has 1 aromatic carbocycles. The van der Waals surface area contributed by atoms with Gasteiger partial charge >= 0.3 is 11.9 Å². The summed E-state index contributed by atoms with van der Waals surface area (Å²) < 4.78 is 11.1. The minimum absolute atomic E-state index is 0.0741. The number of para-hydroxylation sites is 1. The number of benzene rings is 1. The molecule has 0 aromatic heterocycles. The van der Waals surface area contributed by atoms with Gasteiger partial charge in [-0.3, -0.25) is 14.5 Å². The monoisotopic (exact) mass is 412 g/mol. The number of nitrogens with zero attached hydrogens (tertiary/aromatic N) is 1. The number of rotatable bonds is 3. The summed E-state index contributed by atoms with van der Waals surface area (Å²) in [5.74, 6) is -1.11. The van der Waals surface area contributed by atoms with E-state index in [1.807, 2.05) is 37.3 Å². The molecular weight excluding hydrogens is 384 g/mol. The van der Waals surface area contributed by atoms with E-state index >= 15 is 0 Å². The summed E-state index contributed by atoms with van der Waals surface area (Å²) >= 11 is 0. The molecule has 1 saturated carbocycles. The van der Waals surface area contributed by atoms with Crippen LogP contribution in [0.1, 0.15) is 32.3 Å². The summed E-state index contributed by atoms with van der Waals surface area (Å²) in [7, 11) is 1.40. The van der Waals surface area contributed by atoms with E-state index in [2.05, 4.69) is 10.2 Å². The van der Waals surface area contributed by atoms with Crippen LogP contribution >= 0.6 is 0 Å². The van der Waals surface area contributed by atoms with Crippen LogP contribution in [-0.4, -0.2) is 60.5 Å². The molecule has 4 fully saturated rings. The first-order valence-corrected chi connectivity index (χ1v) is 10.6. The van der Waals surface area contributed by atoms with E-state index in [0.717, 1.165) is 23.4 Å². The topological polar surface area (TPSA) is 88.1 Å². The lowest BCUT2D eigenvalue weighted by atomic mass is 9.45. The van der Waals surface area contributed by atoms with Crippen LogP contribution in [0.5, 0.6) is 0 Å². The molecule has 4 aliphatic heterocycles. The number of allylic oxidation sites excluding steroid dienone is 1. The second-order valence-electron chi connectivity index (χ2n) is 8.92. The zero-order valence-electron chi connectivity index (χ0n) is 17.6. The second kappa shape index (κ2) is 6.31. The largest absolute Gasteiger partial charge is 0.468 e. The maximum atomic E-state index is 13.8. The first-order valence-electron chi connectivity index (χ1n) is 10.6. The number of hydrogen-bond donors (Lipinski definition) is 2. The quantitative estimate of drug-likeness (QED) is 0.578. The van der Waals surface area contributed by atoms with Crippen LogP contribution < -0.4 is 5.32 Å². The van der Waals surface area contributed by atoms with Crippen molar-refractivity contribution in [2.45, 2.75) is 43.9 Å². The third-order valence-electron chi connectivity index (χ3n) is 8.16. The zero-order chi connectivity index (χ0) is 21.3. The number of hydrogen-bond acceptors (Lipinski definition) is 7. The Kier molecular flexibility index (Phi) is 4.12. The molecule has 0 amide bonds. The van der Waals surface area contributed by atoms with Crippen molar-refractivity contribution in [3.05, 3.63) is 41.5 Å². The van der Waals surface area contributed by atoms with Crippen molar-refractivity contribution >= 4 is 17.6 Å². The molecule has 3 saturated heterocycles. The minimum Gasteiger partial charge on any atom is -0.468 e. The average molecular weight is 412 g/mol. The van der Waals surface area contributed by atoms with Crippen LogP contribution in [0, 0.1) is 11.3 Å². The SMILES string of the molecule is CC=C1CN2CCC34c5ccccc5NC23C(O)CC1C4(COC(C)=O)C(=O)OC. The van der Waals surface area contributed by atoms with Crippen LogP contribution in [0.3, 0.4) is 0 Å². The molecule has 1 aromatic rings. The smallest absolute Gasteiger partial charge is 0.316 e. The number of aliphatic hydroxyl groups is 1. The van der Waals surface area contributed by atoms with Crippen LogP contribution in [-0.2, 0) is 24.5 Å².